The Labute approximate surface area is 142 Å². The molecule has 1 saturated carbocycles. The van der Waals surface area contributed by atoms with Crippen LogP contribution in [0.5, 0.6) is 11.5 Å². The number of ether oxygens (including phenoxy) is 1. The molecule has 24 heavy (non-hydrogen) atoms. The monoisotopic (exact) mass is 329 g/mol. The Morgan fingerprint density at radius 3 is 2.92 bits per heavy atom. The smallest absolute Gasteiger partial charge is 0.370 e. The molecule has 2 fully saturated rings. The molecule has 4 rings (SSSR count). The zero-order valence-electron chi connectivity index (χ0n) is 13.6. The van der Waals surface area contributed by atoms with Gasteiger partial charge in [-0.1, -0.05) is 12.5 Å². The van der Waals surface area contributed by atoms with E-state index in [1.54, 1.807) is 13.5 Å². The van der Waals surface area contributed by atoms with Gasteiger partial charge in [0.2, 0.25) is 0 Å². The Kier molecular flexibility index (Phi) is 4.14. The van der Waals surface area contributed by atoms with Crippen molar-refractivity contribution in [3.05, 3.63) is 23.3 Å². The fourth-order valence-corrected chi connectivity index (χ4v) is 4.01. The predicted molar refractivity (Wildman–Crippen MR) is 89.9 cm³/mol. The quantitative estimate of drug-likeness (QED) is 0.810. The Morgan fingerprint density at radius 2 is 2.21 bits per heavy atom. The number of hydrogen-bond acceptors (Lipinski definition) is 5. The lowest BCUT2D eigenvalue weighted by atomic mass is 9.85. The number of benzene rings is 1. The molecule has 1 saturated heterocycles. The van der Waals surface area contributed by atoms with Crippen molar-refractivity contribution < 1.29 is 19.3 Å². The van der Waals surface area contributed by atoms with Crippen LogP contribution in [0.2, 0.25) is 6.32 Å². The molecule has 3 N–H and O–H groups in total. The highest BCUT2D eigenvalue weighted by atomic mass is 16.5. The maximum absolute atomic E-state index is 11.7. The van der Waals surface area contributed by atoms with E-state index in [0.717, 1.165) is 44.2 Å². The van der Waals surface area contributed by atoms with E-state index in [9.17, 15) is 9.90 Å². The molecule has 127 valence electrons. The van der Waals surface area contributed by atoms with E-state index in [4.69, 9.17) is 15.1 Å². The van der Waals surface area contributed by atoms with Crippen molar-refractivity contribution in [2.24, 2.45) is 5.73 Å². The van der Waals surface area contributed by atoms with E-state index in [-0.39, 0.29) is 17.7 Å². The fourth-order valence-electron chi connectivity index (χ4n) is 4.01. The molecule has 2 aliphatic heterocycles. The number of fused-ring (bicyclic) bond motifs is 1. The molecule has 6 nitrogen and oxygen atoms in total. The zero-order chi connectivity index (χ0) is 16.7. The summed E-state index contributed by atoms with van der Waals surface area (Å²) >= 11 is 0. The average molecular weight is 329 g/mol. The van der Waals surface area contributed by atoms with Crippen LogP contribution < -0.4 is 15.1 Å². The summed E-state index contributed by atoms with van der Waals surface area (Å²) in [7, 11) is 1.66. The number of likely N-dealkylation sites (tertiary alicyclic amines) is 1. The Balaban J connectivity index is 1.47. The third-order valence-corrected chi connectivity index (χ3v) is 5.32. The van der Waals surface area contributed by atoms with Crippen LogP contribution >= 0.6 is 0 Å². The highest BCUT2D eigenvalue weighted by molar-refractivity contribution is 6.29. The molecule has 1 aromatic carbocycles. The second-order valence-electron chi connectivity index (χ2n) is 6.91. The summed E-state index contributed by atoms with van der Waals surface area (Å²) in [5.41, 5.74) is 7.21. The number of carboxylic acid groups (broad SMARTS) is 1. The van der Waals surface area contributed by atoms with E-state index in [1.807, 2.05) is 6.07 Å². The van der Waals surface area contributed by atoms with Crippen molar-refractivity contribution in [3.63, 3.8) is 0 Å². The van der Waals surface area contributed by atoms with E-state index in [1.165, 1.54) is 6.42 Å². The molecule has 7 heteroatoms. The van der Waals surface area contributed by atoms with Crippen LogP contribution in [0.4, 0.5) is 0 Å². The molecule has 0 spiro atoms. The average Bonchev–Trinajstić information content (AvgIpc) is 2.95. The molecule has 0 unspecified atom stereocenters. The molecular weight excluding hydrogens is 307 g/mol. The van der Waals surface area contributed by atoms with Gasteiger partial charge in [-0.3, -0.25) is 4.90 Å². The summed E-state index contributed by atoms with van der Waals surface area (Å²) in [6.45, 7) is 1.61. The van der Waals surface area contributed by atoms with E-state index < -0.39 is 5.97 Å². The van der Waals surface area contributed by atoms with Gasteiger partial charge in [0.05, 0.1) is 0 Å². The van der Waals surface area contributed by atoms with Crippen molar-refractivity contribution in [1.29, 1.82) is 0 Å². The van der Waals surface area contributed by atoms with Gasteiger partial charge >= 0.3 is 13.5 Å². The highest BCUT2D eigenvalue weighted by Gasteiger charge is 2.39. The first-order valence-electron chi connectivity index (χ1n) is 8.67. The summed E-state index contributed by atoms with van der Waals surface area (Å²) in [5, 5.41) is 9.58. The van der Waals surface area contributed by atoms with Crippen LogP contribution in [-0.4, -0.2) is 54.7 Å². The first kappa shape index (κ1) is 15.8. The number of carbonyl (C=O) groups is 1. The standard InChI is InChI=1S/C17H22BN2O4/c19-12-2-1-3-13(12)20-8-11(9-20)23-14-5-4-10-6-7-18-24-16(10)15(14)17(21)22/h4-5,11-13H,1-3,6-9,19H2,(H,21,22)/t12-,13+/m1/s1. The lowest BCUT2D eigenvalue weighted by Crippen LogP contribution is -2.60. The van der Waals surface area contributed by atoms with Crippen molar-refractivity contribution in [1.82, 2.24) is 4.90 Å². The third-order valence-electron chi connectivity index (χ3n) is 5.32. The van der Waals surface area contributed by atoms with Gasteiger partial charge < -0.3 is 20.2 Å². The second kappa shape index (κ2) is 6.29. The number of aromatic carboxylic acids is 1. The van der Waals surface area contributed by atoms with Crippen LogP contribution in [0.3, 0.4) is 0 Å². The summed E-state index contributed by atoms with van der Waals surface area (Å²) in [4.78, 5) is 14.0. The number of hydrogen-bond donors (Lipinski definition) is 2. The highest BCUT2D eigenvalue weighted by Crippen LogP contribution is 2.37. The van der Waals surface area contributed by atoms with Crippen molar-refractivity contribution >= 4 is 13.5 Å². The Hall–Kier alpha value is -1.73. The maximum Gasteiger partial charge on any atom is 0.370 e. The number of rotatable bonds is 4. The number of nitrogens with zero attached hydrogens (tertiary/aromatic N) is 1. The van der Waals surface area contributed by atoms with Crippen LogP contribution in [0.15, 0.2) is 12.1 Å². The molecule has 3 aliphatic rings. The van der Waals surface area contributed by atoms with Crippen LogP contribution in [0, 0.1) is 0 Å². The van der Waals surface area contributed by atoms with Crippen LogP contribution in [0.1, 0.15) is 35.2 Å². The first-order chi connectivity index (χ1) is 11.6. The molecule has 1 radical (unpaired) electrons. The predicted octanol–water partition coefficient (Wildman–Crippen LogP) is 1.30. The number of aryl methyl sites for hydroxylation is 1. The van der Waals surface area contributed by atoms with Crippen LogP contribution in [0.25, 0.3) is 0 Å². The minimum Gasteiger partial charge on any atom is -0.562 e. The number of nitrogens with two attached hydrogens (primary N) is 1. The van der Waals surface area contributed by atoms with Gasteiger partial charge in [-0.25, -0.2) is 4.79 Å². The summed E-state index contributed by atoms with van der Waals surface area (Å²) < 4.78 is 11.5. The van der Waals surface area contributed by atoms with Gasteiger partial charge in [0, 0.05) is 25.2 Å². The summed E-state index contributed by atoms with van der Waals surface area (Å²) in [6, 6.07) is 4.38. The summed E-state index contributed by atoms with van der Waals surface area (Å²) in [6.07, 6.45) is 5.04. The van der Waals surface area contributed by atoms with Gasteiger partial charge in [-0.15, -0.1) is 0 Å². The second-order valence-corrected chi connectivity index (χ2v) is 6.91. The lowest BCUT2D eigenvalue weighted by molar-refractivity contribution is -0.0117. The SMILES string of the molecule is N[C@@H]1CCC[C@@H]1N1CC(Oc2ccc3c(c2C(=O)O)O[B]CC3)C1. The molecule has 0 bridgehead atoms. The number of carboxylic acids is 1. The van der Waals surface area contributed by atoms with Gasteiger partial charge in [-0.2, -0.15) is 0 Å². The lowest BCUT2D eigenvalue weighted by Gasteiger charge is -2.44. The molecular formula is C17H22BN2O4. The minimum atomic E-state index is -1.01. The maximum atomic E-state index is 11.7. The van der Waals surface area contributed by atoms with E-state index >= 15 is 0 Å². The molecule has 0 aromatic heterocycles. The van der Waals surface area contributed by atoms with Gasteiger partial charge in [0.15, 0.2) is 0 Å². The third kappa shape index (κ3) is 2.76. The van der Waals surface area contributed by atoms with Crippen molar-refractivity contribution in [2.75, 3.05) is 13.1 Å². The first-order valence-corrected chi connectivity index (χ1v) is 8.67. The van der Waals surface area contributed by atoms with Gasteiger partial charge in [0.1, 0.15) is 23.2 Å². The topological polar surface area (TPSA) is 85.0 Å². The van der Waals surface area contributed by atoms with Crippen LogP contribution in [-0.2, 0) is 6.42 Å². The Bertz CT molecular complexity index is 648. The molecule has 1 aliphatic carbocycles. The normalized spacial score (nSPS) is 26.9. The molecule has 1 aromatic rings. The molecule has 0 amide bonds. The Morgan fingerprint density at radius 1 is 1.38 bits per heavy atom. The van der Waals surface area contributed by atoms with E-state index in [0.29, 0.717) is 17.5 Å². The van der Waals surface area contributed by atoms with Crippen molar-refractivity contribution in [3.8, 4) is 11.5 Å². The molecule has 2 atom stereocenters. The minimum absolute atomic E-state index is 0.0153. The van der Waals surface area contributed by atoms with Gasteiger partial charge in [0.25, 0.3) is 0 Å². The van der Waals surface area contributed by atoms with Gasteiger partial charge in [-0.05, 0) is 37.2 Å². The largest absolute Gasteiger partial charge is 0.562 e. The van der Waals surface area contributed by atoms with E-state index in [2.05, 4.69) is 4.90 Å². The summed E-state index contributed by atoms with van der Waals surface area (Å²) in [5.74, 6) is -0.177. The molecule has 2 heterocycles. The fraction of sp³-hybridized carbons (Fsp3) is 0.588. The van der Waals surface area contributed by atoms with Crippen molar-refractivity contribution in [2.45, 2.75) is 50.2 Å². The zero-order valence-corrected chi connectivity index (χ0v) is 13.6.